The van der Waals surface area contributed by atoms with Crippen LogP contribution in [0.3, 0.4) is 0 Å². The number of rotatable bonds is 5. The molecule has 0 aliphatic heterocycles. The lowest BCUT2D eigenvalue weighted by Crippen LogP contribution is -2.49. The highest BCUT2D eigenvalue weighted by Crippen LogP contribution is 2.20. The molecule has 1 heterocycles. The third-order valence-corrected chi connectivity index (χ3v) is 4.12. The topological polar surface area (TPSA) is 41.9 Å². The standard InChI is InChI=1S/C18H26N4S/c1-14-6-8-15(9-7-14)12-19-17(23)21-16(18(2,3)4)13-22-11-5-10-20-22/h5-11,16H,12-13H2,1-4H3,(H2,19,21,23)/t16-/m1/s1. The van der Waals surface area contributed by atoms with Gasteiger partial charge >= 0.3 is 0 Å². The Kier molecular flexibility index (Phi) is 5.77. The average Bonchev–Trinajstić information content (AvgIpc) is 2.98. The van der Waals surface area contributed by atoms with Gasteiger partial charge in [0.25, 0.3) is 0 Å². The number of thiocarbonyl (C=S) groups is 1. The lowest BCUT2D eigenvalue weighted by atomic mass is 9.87. The second-order valence-electron chi connectivity index (χ2n) is 6.96. The first kappa shape index (κ1) is 17.5. The first-order chi connectivity index (χ1) is 10.8. The zero-order chi connectivity index (χ0) is 16.9. The van der Waals surface area contributed by atoms with Crippen LogP contribution >= 0.6 is 12.2 Å². The minimum Gasteiger partial charge on any atom is -0.359 e. The van der Waals surface area contributed by atoms with Gasteiger partial charge in [-0.1, -0.05) is 50.6 Å². The van der Waals surface area contributed by atoms with Crippen molar-refractivity contribution in [2.75, 3.05) is 0 Å². The molecular formula is C18H26N4S. The molecule has 0 fully saturated rings. The Bertz CT molecular complexity index is 611. The minimum atomic E-state index is 0.0710. The van der Waals surface area contributed by atoms with E-state index >= 15 is 0 Å². The average molecular weight is 331 g/mol. The summed E-state index contributed by atoms with van der Waals surface area (Å²) in [7, 11) is 0. The molecule has 0 bridgehead atoms. The van der Waals surface area contributed by atoms with E-state index in [0.29, 0.717) is 5.11 Å². The summed E-state index contributed by atoms with van der Waals surface area (Å²) >= 11 is 5.47. The summed E-state index contributed by atoms with van der Waals surface area (Å²) in [6, 6.07) is 10.6. The number of aryl methyl sites for hydroxylation is 1. The van der Waals surface area contributed by atoms with Crippen molar-refractivity contribution in [2.45, 2.75) is 46.8 Å². The molecular weight excluding hydrogens is 304 g/mol. The summed E-state index contributed by atoms with van der Waals surface area (Å²) in [5.41, 5.74) is 2.56. The van der Waals surface area contributed by atoms with Crippen LogP contribution in [0.4, 0.5) is 0 Å². The van der Waals surface area contributed by atoms with E-state index in [2.05, 4.69) is 67.7 Å². The van der Waals surface area contributed by atoms with Crippen LogP contribution in [0.5, 0.6) is 0 Å². The fourth-order valence-electron chi connectivity index (χ4n) is 2.23. The van der Waals surface area contributed by atoms with Crippen LogP contribution in [0.2, 0.25) is 0 Å². The normalized spacial score (nSPS) is 12.7. The van der Waals surface area contributed by atoms with Crippen molar-refractivity contribution in [3.05, 3.63) is 53.9 Å². The molecule has 1 aromatic carbocycles. The van der Waals surface area contributed by atoms with Crippen LogP contribution in [0.15, 0.2) is 42.7 Å². The van der Waals surface area contributed by atoms with Gasteiger partial charge in [0.2, 0.25) is 0 Å². The second-order valence-corrected chi connectivity index (χ2v) is 7.37. The Morgan fingerprint density at radius 2 is 1.96 bits per heavy atom. The Morgan fingerprint density at radius 3 is 2.52 bits per heavy atom. The van der Waals surface area contributed by atoms with Gasteiger partial charge < -0.3 is 10.6 Å². The first-order valence-electron chi connectivity index (χ1n) is 7.92. The molecule has 2 aromatic rings. The lowest BCUT2D eigenvalue weighted by molar-refractivity contribution is 0.260. The maximum Gasteiger partial charge on any atom is 0.166 e. The molecule has 2 N–H and O–H groups in total. The van der Waals surface area contributed by atoms with E-state index in [-0.39, 0.29) is 11.5 Å². The number of nitrogens with one attached hydrogen (secondary N) is 2. The summed E-state index contributed by atoms with van der Waals surface area (Å²) in [6.07, 6.45) is 3.77. The first-order valence-corrected chi connectivity index (χ1v) is 8.33. The molecule has 0 amide bonds. The molecule has 23 heavy (non-hydrogen) atoms. The highest BCUT2D eigenvalue weighted by Gasteiger charge is 2.25. The number of nitrogens with zero attached hydrogens (tertiary/aromatic N) is 2. The Morgan fingerprint density at radius 1 is 1.26 bits per heavy atom. The zero-order valence-electron chi connectivity index (χ0n) is 14.3. The fraction of sp³-hybridized carbons (Fsp3) is 0.444. The van der Waals surface area contributed by atoms with E-state index in [1.807, 2.05) is 16.9 Å². The molecule has 0 unspecified atom stereocenters. The molecule has 0 saturated heterocycles. The van der Waals surface area contributed by atoms with Crippen molar-refractivity contribution < 1.29 is 0 Å². The predicted molar refractivity (Wildman–Crippen MR) is 99.2 cm³/mol. The second kappa shape index (κ2) is 7.59. The number of hydrogen-bond donors (Lipinski definition) is 2. The molecule has 4 nitrogen and oxygen atoms in total. The highest BCUT2D eigenvalue weighted by molar-refractivity contribution is 7.80. The third kappa shape index (κ3) is 5.67. The molecule has 2 rings (SSSR count). The molecule has 0 aliphatic carbocycles. The van der Waals surface area contributed by atoms with E-state index in [1.165, 1.54) is 11.1 Å². The molecule has 1 atom stereocenters. The van der Waals surface area contributed by atoms with E-state index in [0.717, 1.165) is 13.1 Å². The maximum atomic E-state index is 5.47. The van der Waals surface area contributed by atoms with Crippen molar-refractivity contribution in [3.8, 4) is 0 Å². The van der Waals surface area contributed by atoms with Gasteiger partial charge in [0.15, 0.2) is 5.11 Å². The Labute approximate surface area is 144 Å². The molecule has 1 aromatic heterocycles. The van der Waals surface area contributed by atoms with Crippen LogP contribution in [0, 0.1) is 12.3 Å². The Hall–Kier alpha value is -1.88. The maximum absolute atomic E-state index is 5.47. The van der Waals surface area contributed by atoms with Gasteiger partial charge in [0, 0.05) is 18.9 Å². The summed E-state index contributed by atoms with van der Waals surface area (Å²) in [6.45, 7) is 10.2. The molecule has 5 heteroatoms. The van der Waals surface area contributed by atoms with Crippen molar-refractivity contribution in [3.63, 3.8) is 0 Å². The zero-order valence-corrected chi connectivity index (χ0v) is 15.2. The van der Waals surface area contributed by atoms with Gasteiger partial charge in [0.05, 0.1) is 12.6 Å². The SMILES string of the molecule is Cc1ccc(CNC(=S)N[C@H](Cn2cccn2)C(C)(C)C)cc1. The van der Waals surface area contributed by atoms with Crippen LogP contribution in [-0.2, 0) is 13.1 Å². The van der Waals surface area contributed by atoms with E-state index in [4.69, 9.17) is 12.2 Å². The largest absolute Gasteiger partial charge is 0.359 e. The van der Waals surface area contributed by atoms with Gasteiger partial charge in [-0.25, -0.2) is 0 Å². The number of benzene rings is 1. The van der Waals surface area contributed by atoms with Crippen LogP contribution in [-0.4, -0.2) is 20.9 Å². The summed E-state index contributed by atoms with van der Waals surface area (Å²) < 4.78 is 1.94. The Balaban J connectivity index is 1.90. The molecule has 0 spiro atoms. The summed E-state index contributed by atoms with van der Waals surface area (Å²) in [4.78, 5) is 0. The summed E-state index contributed by atoms with van der Waals surface area (Å²) in [5.74, 6) is 0. The van der Waals surface area contributed by atoms with Gasteiger partial charge in [-0.15, -0.1) is 0 Å². The van der Waals surface area contributed by atoms with Crippen LogP contribution in [0.1, 0.15) is 31.9 Å². The van der Waals surface area contributed by atoms with Crippen molar-refractivity contribution in [1.82, 2.24) is 20.4 Å². The number of aromatic nitrogens is 2. The highest BCUT2D eigenvalue weighted by atomic mass is 32.1. The van der Waals surface area contributed by atoms with E-state index in [9.17, 15) is 0 Å². The molecule has 0 aliphatic rings. The fourth-order valence-corrected chi connectivity index (χ4v) is 2.44. The predicted octanol–water partition coefficient (Wildman–Crippen LogP) is 3.27. The number of hydrogen-bond acceptors (Lipinski definition) is 2. The van der Waals surface area contributed by atoms with Gasteiger partial charge in [-0.3, -0.25) is 4.68 Å². The van der Waals surface area contributed by atoms with Gasteiger partial charge in [0.1, 0.15) is 0 Å². The quantitative estimate of drug-likeness (QED) is 0.826. The minimum absolute atomic E-state index is 0.0710. The van der Waals surface area contributed by atoms with Crippen molar-refractivity contribution in [2.24, 2.45) is 5.41 Å². The van der Waals surface area contributed by atoms with Crippen molar-refractivity contribution in [1.29, 1.82) is 0 Å². The monoisotopic (exact) mass is 330 g/mol. The van der Waals surface area contributed by atoms with Gasteiger partial charge in [-0.2, -0.15) is 5.10 Å². The molecule has 124 valence electrons. The van der Waals surface area contributed by atoms with Crippen molar-refractivity contribution >= 4 is 17.3 Å². The summed E-state index contributed by atoms with van der Waals surface area (Å²) in [5, 5.41) is 11.7. The van der Waals surface area contributed by atoms with Crippen LogP contribution in [0.25, 0.3) is 0 Å². The van der Waals surface area contributed by atoms with E-state index < -0.39 is 0 Å². The third-order valence-electron chi connectivity index (χ3n) is 3.85. The van der Waals surface area contributed by atoms with Crippen LogP contribution < -0.4 is 10.6 Å². The lowest BCUT2D eigenvalue weighted by Gasteiger charge is -2.32. The van der Waals surface area contributed by atoms with Gasteiger partial charge in [-0.05, 0) is 36.2 Å². The van der Waals surface area contributed by atoms with E-state index in [1.54, 1.807) is 6.20 Å². The molecule has 0 saturated carbocycles. The molecule has 0 radical (unpaired) electrons. The smallest absolute Gasteiger partial charge is 0.166 e.